The Bertz CT molecular complexity index is 352. The monoisotopic (exact) mass is 219 g/mol. The first-order valence-corrected chi connectivity index (χ1v) is 4.15. The summed E-state index contributed by atoms with van der Waals surface area (Å²) in [4.78, 5) is 10.6. The van der Waals surface area contributed by atoms with Gasteiger partial charge in [0.05, 0.1) is 5.02 Å². The molecule has 4 N–H and O–H groups in total. The number of halogens is 1. The number of rotatable bonds is 3. The van der Waals surface area contributed by atoms with Crippen molar-refractivity contribution in [2.45, 2.75) is 12.2 Å². The average Bonchev–Trinajstić information content (AvgIpc) is 2.42. The molecule has 6 nitrogen and oxygen atoms in total. The predicted molar refractivity (Wildman–Crippen MR) is 48.4 cm³/mol. The smallest absolute Gasteiger partial charge is 0.249 e. The van der Waals surface area contributed by atoms with Crippen molar-refractivity contribution >= 4 is 17.5 Å². The predicted octanol–water partition coefficient (Wildman–Crippen LogP) is -1.05. The Morgan fingerprint density at radius 1 is 1.71 bits per heavy atom. The fraction of sp³-hybridized carbons (Fsp3) is 0.429. The maximum atomic E-state index is 10.6. The topological polar surface area (TPSA) is 101 Å². The number of carbonyl (C=O) groups excluding carboxylic acids is 1. The zero-order valence-electron chi connectivity index (χ0n) is 7.38. The Morgan fingerprint density at radius 3 is 2.64 bits per heavy atom. The standard InChI is InChI=1S/C7H10ClN3O3/c1-11-2-3(8)4(10-11)5(12)6(13)7(9)14/h2,5-6,12-13H,1H3,(H2,9,14). The fourth-order valence-corrected chi connectivity index (χ4v) is 1.27. The van der Waals surface area contributed by atoms with Gasteiger partial charge in [-0.3, -0.25) is 9.48 Å². The molecule has 0 aliphatic carbocycles. The van der Waals surface area contributed by atoms with Crippen LogP contribution in [0, 0.1) is 0 Å². The highest BCUT2D eigenvalue weighted by molar-refractivity contribution is 6.31. The van der Waals surface area contributed by atoms with E-state index in [0.717, 1.165) is 0 Å². The summed E-state index contributed by atoms with van der Waals surface area (Å²) in [6.45, 7) is 0. The van der Waals surface area contributed by atoms with Crippen LogP contribution in [0.5, 0.6) is 0 Å². The molecule has 0 aliphatic heterocycles. The Kier molecular flexibility index (Phi) is 3.10. The van der Waals surface area contributed by atoms with Crippen molar-refractivity contribution in [3.05, 3.63) is 16.9 Å². The number of aliphatic hydroxyl groups is 2. The first-order valence-electron chi connectivity index (χ1n) is 3.78. The van der Waals surface area contributed by atoms with Gasteiger partial charge in [0, 0.05) is 13.2 Å². The molecule has 1 amide bonds. The molecule has 0 saturated heterocycles. The van der Waals surface area contributed by atoms with Crippen LogP contribution < -0.4 is 5.73 Å². The minimum absolute atomic E-state index is 0.0282. The summed E-state index contributed by atoms with van der Waals surface area (Å²) in [7, 11) is 1.60. The zero-order chi connectivity index (χ0) is 10.9. The molecule has 0 fully saturated rings. The maximum Gasteiger partial charge on any atom is 0.249 e. The van der Waals surface area contributed by atoms with Crippen molar-refractivity contribution in [3.63, 3.8) is 0 Å². The van der Waals surface area contributed by atoms with Crippen LogP contribution in [-0.2, 0) is 11.8 Å². The summed E-state index contributed by atoms with van der Waals surface area (Å²) in [6.07, 6.45) is -1.77. The lowest BCUT2D eigenvalue weighted by molar-refractivity contribution is -0.132. The molecule has 0 spiro atoms. The van der Waals surface area contributed by atoms with Crippen LogP contribution in [0.25, 0.3) is 0 Å². The maximum absolute atomic E-state index is 10.6. The van der Waals surface area contributed by atoms with Crippen molar-refractivity contribution in [2.75, 3.05) is 0 Å². The normalized spacial score (nSPS) is 15.1. The van der Waals surface area contributed by atoms with Gasteiger partial charge in [0.25, 0.3) is 0 Å². The van der Waals surface area contributed by atoms with Crippen LogP contribution in [0.4, 0.5) is 0 Å². The second-order valence-corrected chi connectivity index (χ2v) is 3.24. The van der Waals surface area contributed by atoms with E-state index in [-0.39, 0.29) is 10.7 Å². The van der Waals surface area contributed by atoms with Gasteiger partial charge in [-0.1, -0.05) is 11.6 Å². The van der Waals surface area contributed by atoms with E-state index in [4.69, 9.17) is 22.4 Å². The number of nitrogens with two attached hydrogens (primary N) is 1. The molecule has 0 radical (unpaired) electrons. The van der Waals surface area contributed by atoms with Crippen LogP contribution >= 0.6 is 11.6 Å². The largest absolute Gasteiger partial charge is 0.383 e. The minimum atomic E-state index is -1.71. The van der Waals surface area contributed by atoms with Crippen LogP contribution in [0.15, 0.2) is 6.20 Å². The number of hydrogen-bond acceptors (Lipinski definition) is 4. The molecule has 78 valence electrons. The minimum Gasteiger partial charge on any atom is -0.383 e. The molecular weight excluding hydrogens is 210 g/mol. The molecule has 2 atom stereocenters. The van der Waals surface area contributed by atoms with Crippen molar-refractivity contribution in [1.82, 2.24) is 9.78 Å². The number of hydrogen-bond donors (Lipinski definition) is 3. The average molecular weight is 220 g/mol. The van der Waals surface area contributed by atoms with Gasteiger partial charge in [0.15, 0.2) is 6.10 Å². The molecule has 0 aliphatic rings. The van der Waals surface area contributed by atoms with E-state index in [2.05, 4.69) is 5.10 Å². The molecule has 0 saturated carbocycles. The van der Waals surface area contributed by atoms with Gasteiger partial charge >= 0.3 is 0 Å². The van der Waals surface area contributed by atoms with Crippen LogP contribution in [-0.4, -0.2) is 32.0 Å². The second kappa shape index (κ2) is 3.95. The summed E-state index contributed by atoms with van der Waals surface area (Å²) in [5.74, 6) is -1.03. The van der Waals surface area contributed by atoms with Crippen molar-refractivity contribution < 1.29 is 15.0 Å². The molecule has 1 aromatic rings. The first kappa shape index (κ1) is 11.0. The molecule has 2 unspecified atom stereocenters. The lowest BCUT2D eigenvalue weighted by Gasteiger charge is -2.12. The third-order valence-electron chi connectivity index (χ3n) is 1.68. The molecule has 1 heterocycles. The molecule has 0 bridgehead atoms. The molecule has 7 heteroatoms. The van der Waals surface area contributed by atoms with Gasteiger partial charge in [-0.15, -0.1) is 0 Å². The Labute approximate surface area is 84.9 Å². The highest BCUT2D eigenvalue weighted by Gasteiger charge is 2.27. The fourth-order valence-electron chi connectivity index (χ4n) is 0.982. The summed E-state index contributed by atoms with van der Waals surface area (Å²) in [5.41, 5.74) is 4.83. The molecule has 1 aromatic heterocycles. The Balaban J connectivity index is 2.94. The summed E-state index contributed by atoms with van der Waals surface area (Å²) in [5, 5.41) is 22.5. The highest BCUT2D eigenvalue weighted by Crippen LogP contribution is 2.23. The molecule has 0 aromatic carbocycles. The van der Waals surface area contributed by atoms with Crippen LogP contribution in [0.2, 0.25) is 5.02 Å². The number of aryl methyl sites for hydroxylation is 1. The number of carbonyl (C=O) groups is 1. The van der Waals surface area contributed by atoms with E-state index >= 15 is 0 Å². The van der Waals surface area contributed by atoms with E-state index in [0.29, 0.717) is 0 Å². The Hall–Kier alpha value is -1.11. The summed E-state index contributed by atoms with van der Waals surface area (Å²) < 4.78 is 1.36. The van der Waals surface area contributed by atoms with E-state index in [1.807, 2.05) is 0 Å². The number of nitrogens with zero attached hydrogens (tertiary/aromatic N) is 2. The Morgan fingerprint density at radius 2 is 2.29 bits per heavy atom. The lowest BCUT2D eigenvalue weighted by atomic mass is 10.1. The molecular formula is C7H10ClN3O3. The number of aliphatic hydroxyl groups excluding tert-OH is 2. The van der Waals surface area contributed by atoms with Gasteiger partial charge in [-0.25, -0.2) is 0 Å². The van der Waals surface area contributed by atoms with Crippen molar-refractivity contribution in [1.29, 1.82) is 0 Å². The SMILES string of the molecule is Cn1cc(Cl)c(C(O)C(O)C(N)=O)n1. The lowest BCUT2D eigenvalue weighted by Crippen LogP contribution is -2.34. The van der Waals surface area contributed by atoms with Crippen molar-refractivity contribution in [2.24, 2.45) is 12.8 Å². The molecule has 14 heavy (non-hydrogen) atoms. The number of amides is 1. The first-order chi connectivity index (χ1) is 6.43. The highest BCUT2D eigenvalue weighted by atomic mass is 35.5. The van der Waals surface area contributed by atoms with E-state index in [1.54, 1.807) is 7.05 Å². The number of primary amides is 1. The van der Waals surface area contributed by atoms with Crippen LogP contribution in [0.1, 0.15) is 11.8 Å². The van der Waals surface area contributed by atoms with Crippen molar-refractivity contribution in [3.8, 4) is 0 Å². The van der Waals surface area contributed by atoms with Crippen LogP contribution in [0.3, 0.4) is 0 Å². The third kappa shape index (κ3) is 2.03. The van der Waals surface area contributed by atoms with E-state index in [1.165, 1.54) is 10.9 Å². The quantitative estimate of drug-likeness (QED) is 0.604. The van der Waals surface area contributed by atoms with Gasteiger partial charge in [-0.2, -0.15) is 5.10 Å². The van der Waals surface area contributed by atoms with Gasteiger partial charge in [0.1, 0.15) is 11.8 Å². The third-order valence-corrected chi connectivity index (χ3v) is 1.97. The summed E-state index contributed by atoms with van der Waals surface area (Å²) >= 11 is 5.68. The molecule has 1 rings (SSSR count). The van der Waals surface area contributed by atoms with Gasteiger partial charge in [0.2, 0.25) is 5.91 Å². The number of aromatic nitrogens is 2. The van der Waals surface area contributed by atoms with Gasteiger partial charge < -0.3 is 15.9 Å². The van der Waals surface area contributed by atoms with E-state index < -0.39 is 18.1 Å². The van der Waals surface area contributed by atoms with E-state index in [9.17, 15) is 9.90 Å². The zero-order valence-corrected chi connectivity index (χ0v) is 8.14. The summed E-state index contributed by atoms with van der Waals surface area (Å²) in [6, 6.07) is 0. The second-order valence-electron chi connectivity index (χ2n) is 2.83. The van der Waals surface area contributed by atoms with Gasteiger partial charge in [-0.05, 0) is 0 Å².